The molecule has 0 radical (unpaired) electrons. The molecule has 2 rings (SSSR count). The summed E-state index contributed by atoms with van der Waals surface area (Å²) in [5, 5.41) is 0. The first kappa shape index (κ1) is 18.3. The minimum absolute atomic E-state index is 0.00785. The van der Waals surface area contributed by atoms with E-state index in [1.54, 1.807) is 12.1 Å². The molecule has 1 aromatic rings. The predicted octanol–water partition coefficient (Wildman–Crippen LogP) is 1.35. The fourth-order valence-electron chi connectivity index (χ4n) is 2.43. The van der Waals surface area contributed by atoms with Crippen molar-refractivity contribution in [1.29, 1.82) is 0 Å². The Kier molecular flexibility index (Phi) is 5.72. The van der Waals surface area contributed by atoms with Crippen LogP contribution in [-0.2, 0) is 19.9 Å². The summed E-state index contributed by atoms with van der Waals surface area (Å²) in [6, 6.07) is 4.27. The molecule has 1 fully saturated rings. The molecule has 0 saturated carbocycles. The molecule has 10 heteroatoms. The number of nitrogens with two attached hydrogens (primary N) is 1. The van der Waals surface area contributed by atoms with Gasteiger partial charge >= 0.3 is 0 Å². The van der Waals surface area contributed by atoms with Gasteiger partial charge in [-0.2, -0.15) is 4.31 Å². The molecule has 0 unspecified atom stereocenters. The van der Waals surface area contributed by atoms with Crippen LogP contribution in [0.5, 0.6) is 0 Å². The Hall–Kier alpha value is -0.000000000000000111. The first-order valence-electron chi connectivity index (χ1n) is 6.55. The van der Waals surface area contributed by atoms with Crippen molar-refractivity contribution in [2.45, 2.75) is 17.4 Å². The standard InChI is InChI=1S/C12H16Br2N2O4S2/c13-9-1-2-11(14)12(7-9)22(19,20)16(5-4-15)10-3-6-21(17,18)8-10/h1-2,7,10H,3-6,8,15H2/t10-/m0/s1. The van der Waals surface area contributed by atoms with Crippen molar-refractivity contribution in [3.8, 4) is 0 Å². The van der Waals surface area contributed by atoms with Crippen LogP contribution in [0.2, 0.25) is 0 Å². The van der Waals surface area contributed by atoms with Crippen LogP contribution >= 0.6 is 31.9 Å². The number of sulfonamides is 1. The second-order valence-corrected chi connectivity index (χ2v) is 10.9. The van der Waals surface area contributed by atoms with Crippen LogP contribution in [-0.4, -0.2) is 51.8 Å². The van der Waals surface area contributed by atoms with E-state index in [1.165, 1.54) is 10.4 Å². The van der Waals surface area contributed by atoms with Gasteiger partial charge in [0.25, 0.3) is 0 Å². The van der Waals surface area contributed by atoms with E-state index in [0.29, 0.717) is 15.4 Å². The summed E-state index contributed by atoms with van der Waals surface area (Å²) in [5.74, 6) is -0.147. The minimum Gasteiger partial charge on any atom is -0.329 e. The number of benzene rings is 1. The van der Waals surface area contributed by atoms with Crippen LogP contribution in [0.3, 0.4) is 0 Å². The number of halogens is 2. The zero-order chi connectivity index (χ0) is 16.5. The van der Waals surface area contributed by atoms with Crippen LogP contribution in [0.1, 0.15) is 6.42 Å². The van der Waals surface area contributed by atoms with Crippen LogP contribution in [0.15, 0.2) is 32.0 Å². The molecule has 1 aliphatic rings. The molecular weight excluding hydrogens is 460 g/mol. The topological polar surface area (TPSA) is 97.5 Å². The van der Waals surface area contributed by atoms with Crippen LogP contribution < -0.4 is 5.73 Å². The van der Waals surface area contributed by atoms with Crippen molar-refractivity contribution in [2.75, 3.05) is 24.6 Å². The zero-order valence-electron chi connectivity index (χ0n) is 11.6. The van der Waals surface area contributed by atoms with Crippen molar-refractivity contribution in [1.82, 2.24) is 4.31 Å². The highest BCUT2D eigenvalue weighted by molar-refractivity contribution is 9.11. The second-order valence-electron chi connectivity index (χ2n) is 5.04. The first-order valence-corrected chi connectivity index (χ1v) is 11.4. The zero-order valence-corrected chi connectivity index (χ0v) is 16.4. The lowest BCUT2D eigenvalue weighted by Gasteiger charge is -2.27. The molecule has 1 aromatic carbocycles. The largest absolute Gasteiger partial charge is 0.329 e. The summed E-state index contributed by atoms with van der Waals surface area (Å²) in [4.78, 5) is 0.0969. The number of rotatable bonds is 5. The molecule has 6 nitrogen and oxygen atoms in total. The lowest BCUT2D eigenvalue weighted by atomic mass is 10.2. The van der Waals surface area contributed by atoms with Crippen LogP contribution in [0, 0.1) is 0 Å². The Balaban J connectivity index is 2.45. The average Bonchev–Trinajstić information content (AvgIpc) is 2.78. The van der Waals surface area contributed by atoms with Crippen LogP contribution in [0.25, 0.3) is 0 Å². The van der Waals surface area contributed by atoms with E-state index in [9.17, 15) is 16.8 Å². The van der Waals surface area contributed by atoms with Gasteiger partial charge in [-0.05, 0) is 40.5 Å². The smallest absolute Gasteiger partial charge is 0.244 e. The predicted molar refractivity (Wildman–Crippen MR) is 91.8 cm³/mol. The van der Waals surface area contributed by atoms with E-state index in [0.717, 1.165) is 0 Å². The maximum Gasteiger partial charge on any atom is 0.244 e. The van der Waals surface area contributed by atoms with E-state index in [2.05, 4.69) is 31.9 Å². The van der Waals surface area contributed by atoms with E-state index < -0.39 is 25.9 Å². The van der Waals surface area contributed by atoms with Gasteiger partial charge < -0.3 is 5.73 Å². The normalized spacial score (nSPS) is 21.4. The molecular formula is C12H16Br2N2O4S2. The van der Waals surface area contributed by atoms with Gasteiger partial charge in [0.1, 0.15) is 0 Å². The Morgan fingerprint density at radius 3 is 2.55 bits per heavy atom. The highest BCUT2D eigenvalue weighted by atomic mass is 79.9. The maximum absolute atomic E-state index is 12.9. The molecule has 1 heterocycles. The van der Waals surface area contributed by atoms with Crippen molar-refractivity contribution >= 4 is 51.7 Å². The number of hydrogen-bond donors (Lipinski definition) is 1. The second kappa shape index (κ2) is 6.86. The molecule has 0 amide bonds. The number of nitrogens with zero attached hydrogens (tertiary/aromatic N) is 1. The SMILES string of the molecule is NCCN([C@H]1CCS(=O)(=O)C1)S(=O)(=O)c1cc(Br)ccc1Br. The Morgan fingerprint density at radius 2 is 2.00 bits per heavy atom. The summed E-state index contributed by atoms with van der Waals surface area (Å²) in [6.07, 6.45) is 0.299. The van der Waals surface area contributed by atoms with E-state index in [4.69, 9.17) is 5.73 Å². The van der Waals surface area contributed by atoms with Gasteiger partial charge in [-0.3, -0.25) is 0 Å². The van der Waals surface area contributed by atoms with Gasteiger partial charge in [-0.25, -0.2) is 16.8 Å². The van der Waals surface area contributed by atoms with Gasteiger partial charge in [0.2, 0.25) is 10.0 Å². The average molecular weight is 476 g/mol. The van der Waals surface area contributed by atoms with Gasteiger partial charge in [0.05, 0.1) is 16.4 Å². The molecule has 1 aliphatic heterocycles. The molecule has 124 valence electrons. The summed E-state index contributed by atoms with van der Waals surface area (Å²) < 4.78 is 51.4. The maximum atomic E-state index is 12.9. The van der Waals surface area contributed by atoms with Crippen LogP contribution in [0.4, 0.5) is 0 Å². The lowest BCUT2D eigenvalue weighted by molar-refractivity contribution is 0.347. The van der Waals surface area contributed by atoms with Gasteiger partial charge in [0.15, 0.2) is 9.84 Å². The molecule has 0 spiro atoms. The van der Waals surface area contributed by atoms with E-state index in [1.807, 2.05) is 0 Å². The molecule has 0 aliphatic carbocycles. The number of hydrogen-bond acceptors (Lipinski definition) is 5. The third-order valence-electron chi connectivity index (χ3n) is 3.45. The monoisotopic (exact) mass is 474 g/mol. The third-order valence-corrected chi connectivity index (χ3v) is 8.63. The van der Waals surface area contributed by atoms with Gasteiger partial charge in [0, 0.05) is 28.1 Å². The highest BCUT2D eigenvalue weighted by Crippen LogP contribution is 2.31. The van der Waals surface area contributed by atoms with E-state index in [-0.39, 0.29) is 29.5 Å². The molecule has 1 atom stereocenters. The van der Waals surface area contributed by atoms with E-state index >= 15 is 0 Å². The fourth-order valence-corrected chi connectivity index (χ4v) is 7.39. The molecule has 2 N–H and O–H groups in total. The first-order chi connectivity index (χ1) is 10.2. The summed E-state index contributed by atoms with van der Waals surface area (Å²) >= 11 is 6.49. The summed E-state index contributed by atoms with van der Waals surface area (Å²) in [5.41, 5.74) is 5.53. The van der Waals surface area contributed by atoms with Crippen molar-refractivity contribution in [3.63, 3.8) is 0 Å². The Labute approximate surface area is 147 Å². The quantitative estimate of drug-likeness (QED) is 0.693. The van der Waals surface area contributed by atoms with Crippen molar-refractivity contribution in [2.24, 2.45) is 5.73 Å². The molecule has 0 bridgehead atoms. The highest BCUT2D eigenvalue weighted by Gasteiger charge is 2.39. The Morgan fingerprint density at radius 1 is 1.32 bits per heavy atom. The molecule has 0 aromatic heterocycles. The molecule has 1 saturated heterocycles. The number of sulfone groups is 1. The summed E-state index contributed by atoms with van der Waals surface area (Å²) in [6.45, 7) is 0.211. The van der Waals surface area contributed by atoms with Crippen molar-refractivity contribution < 1.29 is 16.8 Å². The lowest BCUT2D eigenvalue weighted by Crippen LogP contribution is -2.43. The molecule has 22 heavy (non-hydrogen) atoms. The minimum atomic E-state index is -3.84. The summed E-state index contributed by atoms with van der Waals surface area (Å²) in [7, 11) is -7.03. The van der Waals surface area contributed by atoms with Crippen molar-refractivity contribution in [3.05, 3.63) is 27.1 Å². The van der Waals surface area contributed by atoms with Gasteiger partial charge in [-0.15, -0.1) is 0 Å². The fraction of sp³-hybridized carbons (Fsp3) is 0.500. The Bertz CT molecular complexity index is 765. The van der Waals surface area contributed by atoms with Gasteiger partial charge in [-0.1, -0.05) is 15.9 Å². The third kappa shape index (κ3) is 3.90.